The van der Waals surface area contributed by atoms with Crippen LogP contribution in [0.15, 0.2) is 47.3 Å². The van der Waals surface area contributed by atoms with E-state index in [1.165, 1.54) is 5.56 Å². The first kappa shape index (κ1) is 14.1. The monoisotopic (exact) mass is 306 g/mol. The number of nitrogens with zero attached hydrogens (tertiary/aromatic N) is 4. The minimum absolute atomic E-state index is 0.779. The van der Waals surface area contributed by atoms with E-state index in [9.17, 15) is 0 Å². The van der Waals surface area contributed by atoms with E-state index in [1.807, 2.05) is 37.4 Å². The van der Waals surface area contributed by atoms with Crippen LogP contribution in [0.1, 0.15) is 22.8 Å². The topological polar surface area (TPSA) is 55.1 Å². The van der Waals surface area contributed by atoms with Crippen LogP contribution in [-0.2, 0) is 19.5 Å². The third-order valence-corrected chi connectivity index (χ3v) is 4.13. The fourth-order valence-electron chi connectivity index (χ4n) is 2.94. The molecular formula is C18H18N4O. The maximum absolute atomic E-state index is 5.67. The second kappa shape index (κ2) is 5.93. The molecule has 4 heterocycles. The molecule has 0 N–H and O–H groups in total. The summed E-state index contributed by atoms with van der Waals surface area (Å²) >= 11 is 0. The predicted molar refractivity (Wildman–Crippen MR) is 86.5 cm³/mol. The van der Waals surface area contributed by atoms with Crippen LogP contribution in [0.25, 0.3) is 11.4 Å². The van der Waals surface area contributed by atoms with E-state index in [0.717, 1.165) is 54.7 Å². The molecule has 0 saturated carbocycles. The molecular weight excluding hydrogens is 288 g/mol. The molecule has 5 nitrogen and oxygen atoms in total. The molecule has 23 heavy (non-hydrogen) atoms. The number of aryl methyl sites for hydroxylation is 1. The van der Waals surface area contributed by atoms with E-state index in [-0.39, 0.29) is 0 Å². The fraction of sp³-hybridized carbons (Fsp3) is 0.278. The molecule has 0 bridgehead atoms. The highest BCUT2D eigenvalue weighted by Crippen LogP contribution is 2.22. The largest absolute Gasteiger partial charge is 0.465 e. The van der Waals surface area contributed by atoms with Gasteiger partial charge >= 0.3 is 0 Å². The number of aromatic nitrogens is 3. The van der Waals surface area contributed by atoms with Gasteiger partial charge < -0.3 is 4.42 Å². The quantitative estimate of drug-likeness (QED) is 0.744. The van der Waals surface area contributed by atoms with Crippen molar-refractivity contribution in [2.75, 3.05) is 6.54 Å². The minimum atomic E-state index is 0.779. The minimum Gasteiger partial charge on any atom is -0.465 e. The number of pyridine rings is 1. The van der Waals surface area contributed by atoms with Crippen LogP contribution in [0.3, 0.4) is 0 Å². The molecule has 3 aromatic rings. The van der Waals surface area contributed by atoms with E-state index in [4.69, 9.17) is 9.40 Å². The van der Waals surface area contributed by atoms with Gasteiger partial charge in [0, 0.05) is 49.2 Å². The number of furan rings is 1. The number of rotatable bonds is 3. The van der Waals surface area contributed by atoms with Gasteiger partial charge in [-0.15, -0.1) is 0 Å². The van der Waals surface area contributed by atoms with Crippen LogP contribution >= 0.6 is 0 Å². The Morgan fingerprint density at radius 2 is 2.04 bits per heavy atom. The second-order valence-electron chi connectivity index (χ2n) is 5.87. The molecule has 0 amide bonds. The summed E-state index contributed by atoms with van der Waals surface area (Å²) < 4.78 is 5.67. The maximum Gasteiger partial charge on any atom is 0.159 e. The third kappa shape index (κ3) is 3.00. The second-order valence-corrected chi connectivity index (χ2v) is 5.87. The lowest BCUT2D eigenvalue weighted by Gasteiger charge is -2.27. The van der Waals surface area contributed by atoms with Crippen molar-refractivity contribution in [3.63, 3.8) is 0 Å². The molecule has 0 unspecified atom stereocenters. The van der Waals surface area contributed by atoms with Crippen LogP contribution in [0.4, 0.5) is 0 Å². The van der Waals surface area contributed by atoms with E-state index in [2.05, 4.69) is 14.9 Å². The molecule has 0 atom stereocenters. The Morgan fingerprint density at radius 3 is 2.83 bits per heavy atom. The lowest BCUT2D eigenvalue weighted by molar-refractivity contribution is 0.222. The molecule has 0 saturated heterocycles. The van der Waals surface area contributed by atoms with Gasteiger partial charge in [0.05, 0.1) is 12.2 Å². The summed E-state index contributed by atoms with van der Waals surface area (Å²) in [4.78, 5) is 15.7. The van der Waals surface area contributed by atoms with Crippen molar-refractivity contribution in [3.8, 4) is 11.4 Å². The molecule has 1 aliphatic rings. The summed E-state index contributed by atoms with van der Waals surface area (Å²) in [7, 11) is 0. The summed E-state index contributed by atoms with van der Waals surface area (Å²) in [5.41, 5.74) is 3.37. The Hall–Kier alpha value is -2.53. The standard InChI is InChI=1S/C18H18N4O/c1-13-2-3-16(23-13)12-22-9-6-17-15(11-22)10-20-18(21-17)14-4-7-19-8-5-14/h2-5,7-8,10H,6,9,11-12H2,1H3. The van der Waals surface area contributed by atoms with Crippen LogP contribution in [-0.4, -0.2) is 26.4 Å². The first-order valence-electron chi connectivity index (χ1n) is 7.81. The van der Waals surface area contributed by atoms with Crippen molar-refractivity contribution in [1.82, 2.24) is 19.9 Å². The Kier molecular flexibility index (Phi) is 3.63. The van der Waals surface area contributed by atoms with Gasteiger partial charge in [-0.1, -0.05) is 0 Å². The van der Waals surface area contributed by atoms with E-state index >= 15 is 0 Å². The summed E-state index contributed by atoms with van der Waals surface area (Å²) in [6.07, 6.45) is 6.43. The zero-order chi connectivity index (χ0) is 15.6. The molecule has 0 radical (unpaired) electrons. The Labute approximate surface area is 135 Å². The molecule has 0 aliphatic carbocycles. The molecule has 0 spiro atoms. The Balaban J connectivity index is 1.52. The van der Waals surface area contributed by atoms with Crippen molar-refractivity contribution >= 4 is 0 Å². The van der Waals surface area contributed by atoms with Crippen molar-refractivity contribution in [3.05, 3.63) is 65.6 Å². The zero-order valence-corrected chi connectivity index (χ0v) is 13.1. The van der Waals surface area contributed by atoms with Crippen molar-refractivity contribution < 1.29 is 4.42 Å². The summed E-state index contributed by atoms with van der Waals surface area (Å²) in [6, 6.07) is 7.94. The average molecular weight is 306 g/mol. The van der Waals surface area contributed by atoms with Crippen LogP contribution in [0.5, 0.6) is 0 Å². The van der Waals surface area contributed by atoms with Crippen LogP contribution in [0, 0.1) is 6.92 Å². The van der Waals surface area contributed by atoms with Gasteiger partial charge in [0.25, 0.3) is 0 Å². The lowest BCUT2D eigenvalue weighted by atomic mass is 10.1. The highest BCUT2D eigenvalue weighted by atomic mass is 16.3. The average Bonchev–Trinajstić information content (AvgIpc) is 3.00. The number of fused-ring (bicyclic) bond motifs is 1. The molecule has 0 fully saturated rings. The lowest BCUT2D eigenvalue weighted by Crippen LogP contribution is -2.30. The van der Waals surface area contributed by atoms with Gasteiger partial charge in [0.15, 0.2) is 5.82 Å². The van der Waals surface area contributed by atoms with Gasteiger partial charge in [0.1, 0.15) is 11.5 Å². The SMILES string of the molecule is Cc1ccc(CN2CCc3nc(-c4ccncc4)ncc3C2)o1. The van der Waals surface area contributed by atoms with Crippen molar-refractivity contribution in [1.29, 1.82) is 0 Å². The van der Waals surface area contributed by atoms with Crippen molar-refractivity contribution in [2.24, 2.45) is 0 Å². The zero-order valence-electron chi connectivity index (χ0n) is 13.1. The number of hydrogen-bond acceptors (Lipinski definition) is 5. The number of hydrogen-bond donors (Lipinski definition) is 0. The van der Waals surface area contributed by atoms with Crippen molar-refractivity contribution in [2.45, 2.75) is 26.4 Å². The molecule has 3 aromatic heterocycles. The molecule has 0 aromatic carbocycles. The first-order valence-corrected chi connectivity index (χ1v) is 7.81. The summed E-state index contributed by atoms with van der Waals surface area (Å²) in [6.45, 7) is 4.66. The molecule has 4 rings (SSSR count). The van der Waals surface area contributed by atoms with E-state index < -0.39 is 0 Å². The molecule has 116 valence electrons. The predicted octanol–water partition coefficient (Wildman–Crippen LogP) is 3.00. The van der Waals surface area contributed by atoms with E-state index in [0.29, 0.717) is 0 Å². The highest BCUT2D eigenvalue weighted by Gasteiger charge is 2.19. The smallest absolute Gasteiger partial charge is 0.159 e. The molecule has 1 aliphatic heterocycles. The van der Waals surface area contributed by atoms with Crippen LogP contribution in [0.2, 0.25) is 0 Å². The maximum atomic E-state index is 5.67. The normalized spacial score (nSPS) is 14.7. The Morgan fingerprint density at radius 1 is 1.17 bits per heavy atom. The molecule has 5 heteroatoms. The fourth-order valence-corrected chi connectivity index (χ4v) is 2.94. The van der Waals surface area contributed by atoms with Crippen LogP contribution < -0.4 is 0 Å². The summed E-state index contributed by atoms with van der Waals surface area (Å²) in [5.74, 6) is 2.75. The van der Waals surface area contributed by atoms with Gasteiger partial charge in [-0.25, -0.2) is 9.97 Å². The van der Waals surface area contributed by atoms with Gasteiger partial charge in [0.2, 0.25) is 0 Å². The van der Waals surface area contributed by atoms with Gasteiger partial charge in [-0.05, 0) is 31.2 Å². The Bertz CT molecular complexity index is 813. The summed E-state index contributed by atoms with van der Waals surface area (Å²) in [5, 5.41) is 0. The van der Waals surface area contributed by atoms with E-state index in [1.54, 1.807) is 12.4 Å². The third-order valence-electron chi connectivity index (χ3n) is 4.13. The van der Waals surface area contributed by atoms with Gasteiger partial charge in [-0.2, -0.15) is 0 Å². The first-order chi connectivity index (χ1) is 11.3. The van der Waals surface area contributed by atoms with Gasteiger partial charge in [-0.3, -0.25) is 9.88 Å². The highest BCUT2D eigenvalue weighted by molar-refractivity contribution is 5.54.